The summed E-state index contributed by atoms with van der Waals surface area (Å²) < 4.78 is 79.2. The first-order chi connectivity index (χ1) is 26.9. The number of furan rings is 1. The van der Waals surface area contributed by atoms with Crippen molar-refractivity contribution in [2.45, 2.75) is 31.9 Å². The Morgan fingerprint density at radius 3 is 2.61 bits per heavy atom. The number of benzene rings is 3. The summed E-state index contributed by atoms with van der Waals surface area (Å²) in [6, 6.07) is 12.0. The van der Waals surface area contributed by atoms with Crippen LogP contribution in [0.4, 0.5) is 17.6 Å². The minimum atomic E-state index is -4.48. The topological polar surface area (TPSA) is 128 Å². The zero-order chi connectivity index (χ0) is 39.1. The third-order valence-corrected chi connectivity index (χ3v) is 11.2. The lowest BCUT2D eigenvalue weighted by Crippen LogP contribution is -2.45. The number of alkyl halides is 3. The van der Waals surface area contributed by atoms with Gasteiger partial charge in [-0.2, -0.15) is 22.7 Å². The van der Waals surface area contributed by atoms with Crippen molar-refractivity contribution in [3.63, 3.8) is 0 Å². The van der Waals surface area contributed by atoms with E-state index in [1.807, 2.05) is 6.07 Å². The molecule has 1 fully saturated rings. The number of piperazine rings is 1. The molecule has 0 unspecified atom stereocenters. The molecule has 8 rings (SSSR count). The van der Waals surface area contributed by atoms with E-state index >= 15 is 0 Å². The summed E-state index contributed by atoms with van der Waals surface area (Å²) in [6.45, 7) is 3.37. The van der Waals surface area contributed by atoms with Crippen molar-refractivity contribution in [2.24, 2.45) is 0 Å². The number of nitrogens with zero attached hydrogens (tertiary/aromatic N) is 6. The van der Waals surface area contributed by atoms with Gasteiger partial charge in [0.2, 0.25) is 12.0 Å². The Morgan fingerprint density at radius 1 is 1.02 bits per heavy atom. The van der Waals surface area contributed by atoms with Crippen LogP contribution in [-0.2, 0) is 24.4 Å². The van der Waals surface area contributed by atoms with Gasteiger partial charge in [0.15, 0.2) is 5.58 Å². The lowest BCUT2D eigenvalue weighted by atomic mass is 10.0. The van der Waals surface area contributed by atoms with Gasteiger partial charge in [-0.1, -0.05) is 29.8 Å². The van der Waals surface area contributed by atoms with Crippen molar-refractivity contribution >= 4 is 71.0 Å². The van der Waals surface area contributed by atoms with Crippen molar-refractivity contribution < 1.29 is 46.1 Å². The molecule has 1 saturated heterocycles. The first-order valence-electron chi connectivity index (χ1n) is 17.5. The molecular weight excluding hydrogens is 780 g/mol. The SMILES string of the molecule is CN1CCN(CCOc2ccc3c(c2Cl)c2cc(F)oc2c2sc4ncnc(O[C@H](Cc5ccccc5OCc5ccnn5CC(F)(F)F)C(=O)O)c4c32)CC1. The summed E-state index contributed by atoms with van der Waals surface area (Å²) in [4.78, 5) is 26.5. The van der Waals surface area contributed by atoms with Crippen molar-refractivity contribution in [3.8, 4) is 17.4 Å². The molecule has 5 heterocycles. The number of carboxylic acid groups (broad SMARTS) is 1. The lowest BCUT2D eigenvalue weighted by molar-refractivity contribution is -0.145. The van der Waals surface area contributed by atoms with Crippen molar-refractivity contribution in [2.75, 3.05) is 46.4 Å². The number of aromatic nitrogens is 4. The van der Waals surface area contributed by atoms with Crippen LogP contribution >= 0.6 is 22.9 Å². The van der Waals surface area contributed by atoms with E-state index in [2.05, 4.69) is 31.9 Å². The summed E-state index contributed by atoms with van der Waals surface area (Å²) in [5.74, 6) is -0.685. The van der Waals surface area contributed by atoms with Crippen LogP contribution in [0.1, 0.15) is 11.3 Å². The van der Waals surface area contributed by atoms with E-state index in [0.717, 1.165) is 30.9 Å². The molecule has 1 aliphatic rings. The average molecular weight is 813 g/mol. The van der Waals surface area contributed by atoms with Crippen LogP contribution in [0, 0.1) is 6.01 Å². The van der Waals surface area contributed by atoms with Crippen LogP contribution in [-0.4, -0.2) is 99.3 Å². The molecule has 0 amide bonds. The molecule has 0 radical (unpaired) electrons. The van der Waals surface area contributed by atoms with Gasteiger partial charge < -0.3 is 28.6 Å². The molecule has 1 aliphatic heterocycles. The van der Waals surface area contributed by atoms with Crippen LogP contribution in [0.25, 0.3) is 42.0 Å². The Bertz CT molecular complexity index is 2570. The lowest BCUT2D eigenvalue weighted by Gasteiger charge is -2.32. The number of carboxylic acids is 1. The fourth-order valence-corrected chi connectivity index (χ4v) is 8.36. The molecule has 0 saturated carbocycles. The van der Waals surface area contributed by atoms with Crippen molar-refractivity contribution in [3.05, 3.63) is 83.3 Å². The standard InChI is InChI=1S/C38H33ClF4N6O6S/c1-47-10-12-48(13-11-47)14-15-52-26-7-6-23-29(32(26)39)24-17-28(40)55-33(24)34-30(23)31-35(44-20-45-36(31)56-34)54-27(37(50)51)16-21-4-2-3-5-25(21)53-18-22-8-9-46-49(22)19-38(41,42)43/h2-9,17,20,27H,10-16,18-19H2,1H3,(H,50,51)/t27-/m1/s1. The first-order valence-corrected chi connectivity index (χ1v) is 18.7. The maximum Gasteiger partial charge on any atom is 0.408 e. The number of likely N-dealkylation sites (N-methyl/N-ethyl adjacent to an activating group) is 1. The third kappa shape index (κ3) is 7.63. The van der Waals surface area contributed by atoms with Gasteiger partial charge in [0.25, 0.3) is 6.01 Å². The zero-order valence-electron chi connectivity index (χ0n) is 29.7. The number of thiophene rings is 1. The molecule has 4 aromatic heterocycles. The molecule has 292 valence electrons. The maximum absolute atomic E-state index is 14.9. The summed E-state index contributed by atoms with van der Waals surface area (Å²) in [5, 5.41) is 16.8. The Morgan fingerprint density at radius 2 is 1.82 bits per heavy atom. The van der Waals surface area contributed by atoms with Gasteiger partial charge in [0, 0.05) is 67.6 Å². The van der Waals surface area contributed by atoms with Crippen LogP contribution < -0.4 is 14.2 Å². The normalized spacial score (nSPS) is 15.0. The van der Waals surface area contributed by atoms with E-state index in [9.17, 15) is 27.5 Å². The molecule has 0 aliphatic carbocycles. The number of para-hydroxylation sites is 1. The van der Waals surface area contributed by atoms with Crippen molar-refractivity contribution in [1.82, 2.24) is 29.5 Å². The number of fused-ring (bicyclic) bond motifs is 8. The number of hydrogen-bond acceptors (Lipinski definition) is 11. The van der Waals surface area contributed by atoms with Gasteiger partial charge in [-0.05, 0) is 42.3 Å². The van der Waals surface area contributed by atoms with Crippen LogP contribution in [0.15, 0.2) is 65.5 Å². The molecular formula is C38H33ClF4N6O6S. The minimum absolute atomic E-state index is 0.0422. The van der Waals surface area contributed by atoms with Crippen LogP contribution in [0.3, 0.4) is 0 Å². The Hall–Kier alpha value is -5.23. The Kier molecular flexibility index (Phi) is 10.3. The highest BCUT2D eigenvalue weighted by Crippen LogP contribution is 2.49. The molecule has 1 N–H and O–H groups in total. The molecule has 3 aromatic carbocycles. The fourth-order valence-electron chi connectivity index (χ4n) is 6.90. The smallest absolute Gasteiger partial charge is 0.408 e. The van der Waals surface area contributed by atoms with Gasteiger partial charge in [-0.15, -0.1) is 11.3 Å². The molecule has 0 bridgehead atoms. The quantitative estimate of drug-likeness (QED) is 0.116. The summed E-state index contributed by atoms with van der Waals surface area (Å²) >= 11 is 8.25. The van der Waals surface area contributed by atoms with E-state index in [1.54, 1.807) is 30.3 Å². The minimum Gasteiger partial charge on any atom is -0.491 e. The third-order valence-electron chi connectivity index (χ3n) is 9.68. The van der Waals surface area contributed by atoms with Crippen LogP contribution in [0.5, 0.6) is 17.4 Å². The first kappa shape index (κ1) is 37.7. The van der Waals surface area contributed by atoms with Gasteiger partial charge in [-0.3, -0.25) is 9.58 Å². The monoisotopic (exact) mass is 812 g/mol. The van der Waals surface area contributed by atoms with Gasteiger partial charge >= 0.3 is 12.1 Å². The molecule has 56 heavy (non-hydrogen) atoms. The number of halogens is 5. The number of hydrogen-bond donors (Lipinski definition) is 1. The zero-order valence-corrected chi connectivity index (χ0v) is 31.3. The number of ether oxygens (including phenoxy) is 3. The van der Waals surface area contributed by atoms with Gasteiger partial charge in [0.05, 0.1) is 20.8 Å². The summed E-state index contributed by atoms with van der Waals surface area (Å²) in [5.41, 5.74) is 0.832. The van der Waals surface area contributed by atoms with Crippen LogP contribution in [0.2, 0.25) is 5.02 Å². The number of rotatable bonds is 13. The molecule has 12 nitrogen and oxygen atoms in total. The largest absolute Gasteiger partial charge is 0.491 e. The molecule has 7 aromatic rings. The predicted molar refractivity (Wildman–Crippen MR) is 201 cm³/mol. The summed E-state index contributed by atoms with van der Waals surface area (Å²) in [7, 11) is 2.09. The maximum atomic E-state index is 14.9. The van der Waals surface area contributed by atoms with E-state index in [0.29, 0.717) is 60.9 Å². The Balaban J connectivity index is 1.12. The average Bonchev–Trinajstić information content (AvgIpc) is 3.88. The predicted octanol–water partition coefficient (Wildman–Crippen LogP) is 7.58. The van der Waals surface area contributed by atoms with E-state index in [1.165, 1.54) is 36.0 Å². The fraction of sp³-hybridized carbons (Fsp3) is 0.316. The Labute approximate surface area is 324 Å². The van der Waals surface area contributed by atoms with E-state index in [-0.39, 0.29) is 41.0 Å². The van der Waals surface area contributed by atoms with E-state index in [4.69, 9.17) is 30.2 Å². The second-order valence-electron chi connectivity index (χ2n) is 13.4. The highest BCUT2D eigenvalue weighted by molar-refractivity contribution is 7.26. The number of carbonyl (C=O) groups is 1. The molecule has 0 spiro atoms. The van der Waals surface area contributed by atoms with E-state index < -0.39 is 30.8 Å². The molecule has 18 heteroatoms. The molecule has 1 atom stereocenters. The summed E-state index contributed by atoms with van der Waals surface area (Å²) in [6.07, 6.45) is -3.69. The van der Waals surface area contributed by atoms with Crippen molar-refractivity contribution in [1.29, 1.82) is 0 Å². The second kappa shape index (κ2) is 15.4. The van der Waals surface area contributed by atoms with Gasteiger partial charge in [-0.25, -0.2) is 14.8 Å². The second-order valence-corrected chi connectivity index (χ2v) is 14.8. The highest BCUT2D eigenvalue weighted by atomic mass is 35.5. The highest BCUT2D eigenvalue weighted by Gasteiger charge is 2.30. The number of aliphatic carboxylic acids is 1. The van der Waals surface area contributed by atoms with Gasteiger partial charge in [0.1, 0.15) is 42.4 Å².